The average Bonchev–Trinajstić information content (AvgIpc) is 2.19. The maximum Gasteiger partial charge on any atom is 0.0412 e. The summed E-state index contributed by atoms with van der Waals surface area (Å²) in [5, 5.41) is 1.67. The van der Waals surface area contributed by atoms with Crippen LogP contribution in [0.4, 0.5) is 0 Å². The first-order valence-corrected chi connectivity index (χ1v) is 6.67. The third-order valence-electron chi connectivity index (χ3n) is 1.94. The molecule has 0 bridgehead atoms. The number of benzene rings is 1. The summed E-state index contributed by atoms with van der Waals surface area (Å²) in [6.07, 6.45) is 3.20. The zero-order chi connectivity index (χ0) is 10.6. The smallest absolute Gasteiger partial charge is 0.0412 e. The second-order valence-corrected chi connectivity index (χ2v) is 4.81. The van der Waals surface area contributed by atoms with E-state index in [4.69, 9.17) is 11.6 Å². The molecule has 1 aromatic carbocycles. The van der Waals surface area contributed by atoms with E-state index in [9.17, 15) is 0 Å². The van der Waals surface area contributed by atoms with Crippen LogP contribution in [0.5, 0.6) is 0 Å². The van der Waals surface area contributed by atoms with Crippen molar-refractivity contribution in [2.24, 2.45) is 0 Å². The topological polar surface area (TPSA) is 0 Å². The van der Waals surface area contributed by atoms with Gasteiger partial charge in [0.25, 0.3) is 0 Å². The largest absolute Gasteiger partial charge is 0.0880 e. The molecule has 0 amide bonds. The summed E-state index contributed by atoms with van der Waals surface area (Å²) >= 11 is 12.9. The Kier molecular flexibility index (Phi) is 5.21. The van der Waals surface area contributed by atoms with Crippen molar-refractivity contribution in [1.82, 2.24) is 0 Å². The zero-order valence-corrected chi connectivity index (χ0v) is 11.8. The summed E-state index contributed by atoms with van der Waals surface area (Å²) in [5.41, 5.74) is 2.49. The van der Waals surface area contributed by atoms with Gasteiger partial charge in [0.1, 0.15) is 0 Å². The van der Waals surface area contributed by atoms with Crippen LogP contribution in [0.2, 0.25) is 5.02 Å². The molecule has 0 unspecified atom stereocenters. The van der Waals surface area contributed by atoms with Crippen LogP contribution in [-0.4, -0.2) is 5.33 Å². The number of hydrogen-bond donors (Lipinski definition) is 0. The molecule has 1 rings (SSSR count). The molecule has 0 aromatic heterocycles. The summed E-state index contributed by atoms with van der Waals surface area (Å²) in [7, 11) is 0. The van der Waals surface area contributed by atoms with Gasteiger partial charge < -0.3 is 0 Å². The van der Waals surface area contributed by atoms with Gasteiger partial charge in [-0.25, -0.2) is 0 Å². The van der Waals surface area contributed by atoms with Crippen LogP contribution >= 0.6 is 43.5 Å². The number of alkyl halides is 1. The minimum atomic E-state index is 0.768. The van der Waals surface area contributed by atoms with E-state index in [2.05, 4.69) is 44.9 Å². The van der Waals surface area contributed by atoms with Crippen molar-refractivity contribution in [3.05, 3.63) is 38.8 Å². The number of hydrogen-bond acceptors (Lipinski definition) is 0. The Labute approximate surface area is 107 Å². The molecule has 0 radical (unpaired) electrons. The minimum Gasteiger partial charge on any atom is -0.0880 e. The fourth-order valence-electron chi connectivity index (χ4n) is 1.08. The Morgan fingerprint density at radius 3 is 2.79 bits per heavy atom. The lowest BCUT2D eigenvalue weighted by Crippen LogP contribution is -1.83. The SMILES string of the molecule is CCC(=Cc1cc(Cl)ccc1Br)CBr. The molecule has 0 aliphatic carbocycles. The summed E-state index contributed by atoms with van der Waals surface area (Å²) in [6, 6.07) is 5.81. The molecule has 0 N–H and O–H groups in total. The van der Waals surface area contributed by atoms with Gasteiger partial charge in [-0.3, -0.25) is 0 Å². The molecular formula is C11H11Br2Cl. The van der Waals surface area contributed by atoms with Crippen molar-refractivity contribution in [2.75, 3.05) is 5.33 Å². The molecule has 0 aliphatic rings. The maximum absolute atomic E-state index is 5.92. The fraction of sp³-hybridized carbons (Fsp3) is 0.273. The van der Waals surface area contributed by atoms with Gasteiger partial charge in [-0.05, 0) is 30.2 Å². The maximum atomic E-state index is 5.92. The van der Waals surface area contributed by atoms with Crippen LogP contribution in [0.15, 0.2) is 28.2 Å². The van der Waals surface area contributed by atoms with E-state index in [-0.39, 0.29) is 0 Å². The first kappa shape index (κ1) is 12.3. The van der Waals surface area contributed by atoms with Gasteiger partial charge in [-0.15, -0.1) is 0 Å². The Morgan fingerprint density at radius 2 is 2.21 bits per heavy atom. The summed E-state index contributed by atoms with van der Waals surface area (Å²) in [4.78, 5) is 0. The highest BCUT2D eigenvalue weighted by atomic mass is 79.9. The first-order valence-electron chi connectivity index (χ1n) is 4.37. The van der Waals surface area contributed by atoms with Crippen molar-refractivity contribution in [1.29, 1.82) is 0 Å². The van der Waals surface area contributed by atoms with Crippen LogP contribution in [0.25, 0.3) is 6.08 Å². The molecule has 0 atom stereocenters. The van der Waals surface area contributed by atoms with Crippen LogP contribution in [-0.2, 0) is 0 Å². The molecule has 0 nitrogen and oxygen atoms in total. The molecule has 3 heteroatoms. The Balaban J connectivity index is 3.06. The number of allylic oxidation sites excluding steroid dienone is 1. The van der Waals surface area contributed by atoms with Gasteiger partial charge in [0.2, 0.25) is 0 Å². The monoisotopic (exact) mass is 336 g/mol. The van der Waals surface area contributed by atoms with Gasteiger partial charge in [-0.1, -0.05) is 62.0 Å². The van der Waals surface area contributed by atoms with E-state index in [0.717, 1.165) is 26.8 Å². The van der Waals surface area contributed by atoms with Gasteiger partial charge in [0.05, 0.1) is 0 Å². The molecule has 0 saturated heterocycles. The highest BCUT2D eigenvalue weighted by molar-refractivity contribution is 9.10. The molecule has 0 spiro atoms. The average molecular weight is 338 g/mol. The number of halogens is 3. The van der Waals surface area contributed by atoms with Crippen molar-refractivity contribution in [2.45, 2.75) is 13.3 Å². The van der Waals surface area contributed by atoms with Crippen molar-refractivity contribution < 1.29 is 0 Å². The number of rotatable bonds is 3. The molecular weight excluding hydrogens is 327 g/mol. The van der Waals surface area contributed by atoms with Gasteiger partial charge >= 0.3 is 0 Å². The molecule has 14 heavy (non-hydrogen) atoms. The Hall–Kier alpha value is 0.210. The van der Waals surface area contributed by atoms with Crippen molar-refractivity contribution >= 4 is 49.5 Å². The zero-order valence-electron chi connectivity index (χ0n) is 7.86. The highest BCUT2D eigenvalue weighted by Gasteiger charge is 1.99. The van der Waals surface area contributed by atoms with Crippen LogP contribution < -0.4 is 0 Å². The summed E-state index contributed by atoms with van der Waals surface area (Å²) < 4.78 is 1.08. The van der Waals surface area contributed by atoms with Crippen molar-refractivity contribution in [3.63, 3.8) is 0 Å². The predicted octanol–water partition coefficient (Wildman–Crippen LogP) is 5.29. The second kappa shape index (κ2) is 5.94. The summed E-state index contributed by atoms with van der Waals surface area (Å²) in [6.45, 7) is 2.14. The third kappa shape index (κ3) is 3.41. The molecule has 1 aromatic rings. The minimum absolute atomic E-state index is 0.768. The highest BCUT2D eigenvalue weighted by Crippen LogP contribution is 2.24. The molecule has 0 fully saturated rings. The third-order valence-corrected chi connectivity index (χ3v) is 3.62. The van der Waals surface area contributed by atoms with E-state index in [0.29, 0.717) is 0 Å². The quantitative estimate of drug-likeness (QED) is 0.657. The lowest BCUT2D eigenvalue weighted by Gasteiger charge is -2.03. The lowest BCUT2D eigenvalue weighted by atomic mass is 10.1. The first-order chi connectivity index (χ1) is 6.67. The van der Waals surface area contributed by atoms with E-state index >= 15 is 0 Å². The van der Waals surface area contributed by atoms with Gasteiger partial charge in [0.15, 0.2) is 0 Å². The van der Waals surface area contributed by atoms with E-state index in [1.165, 1.54) is 5.57 Å². The molecule has 0 aliphatic heterocycles. The van der Waals surface area contributed by atoms with Gasteiger partial charge in [-0.2, -0.15) is 0 Å². The van der Waals surface area contributed by atoms with Crippen molar-refractivity contribution in [3.8, 4) is 0 Å². The predicted molar refractivity (Wildman–Crippen MR) is 71.2 cm³/mol. The fourth-order valence-corrected chi connectivity index (χ4v) is 2.18. The second-order valence-electron chi connectivity index (χ2n) is 2.96. The van der Waals surface area contributed by atoms with E-state index in [1.54, 1.807) is 0 Å². The van der Waals surface area contributed by atoms with Crippen LogP contribution in [0.1, 0.15) is 18.9 Å². The molecule has 0 heterocycles. The normalized spacial score (nSPS) is 11.9. The molecule has 0 saturated carbocycles. The summed E-state index contributed by atoms with van der Waals surface area (Å²) in [5.74, 6) is 0. The van der Waals surface area contributed by atoms with Crippen LogP contribution in [0.3, 0.4) is 0 Å². The standard InChI is InChI=1S/C11H11Br2Cl/c1-2-8(7-12)5-9-6-10(14)3-4-11(9)13/h3-6H,2,7H2,1H3. The van der Waals surface area contributed by atoms with E-state index < -0.39 is 0 Å². The van der Waals surface area contributed by atoms with Crippen LogP contribution in [0, 0.1) is 0 Å². The Bertz CT molecular complexity index is 339. The van der Waals surface area contributed by atoms with Gasteiger partial charge in [0, 0.05) is 14.8 Å². The molecule has 76 valence electrons. The Morgan fingerprint density at radius 1 is 1.50 bits per heavy atom. The van der Waals surface area contributed by atoms with E-state index in [1.807, 2.05) is 18.2 Å². The lowest BCUT2D eigenvalue weighted by molar-refractivity contribution is 1.12.